The molecule has 1 amide bonds. The van der Waals surface area contributed by atoms with Crippen molar-refractivity contribution in [2.75, 3.05) is 0 Å². The van der Waals surface area contributed by atoms with E-state index in [4.69, 9.17) is 0 Å². The Labute approximate surface area is 200 Å². The van der Waals surface area contributed by atoms with Crippen LogP contribution in [0.1, 0.15) is 55.5 Å². The van der Waals surface area contributed by atoms with Crippen molar-refractivity contribution in [1.82, 2.24) is 9.88 Å². The van der Waals surface area contributed by atoms with E-state index in [1.165, 1.54) is 10.6 Å². The maximum atomic E-state index is 13.5. The predicted molar refractivity (Wildman–Crippen MR) is 134 cm³/mol. The van der Waals surface area contributed by atoms with Crippen LogP contribution in [-0.2, 0) is 9.59 Å². The number of carbonyl (C=O) groups is 2. The minimum atomic E-state index is -1.01. The summed E-state index contributed by atoms with van der Waals surface area (Å²) in [6, 6.07) is 17.3. The van der Waals surface area contributed by atoms with Gasteiger partial charge in [0.15, 0.2) is 0 Å². The van der Waals surface area contributed by atoms with E-state index in [1.807, 2.05) is 76.2 Å². The molecule has 0 aliphatic heterocycles. The smallest absolute Gasteiger partial charge is 0.305 e. The van der Waals surface area contributed by atoms with Gasteiger partial charge in [-0.15, -0.1) is 0 Å². The van der Waals surface area contributed by atoms with Crippen molar-refractivity contribution in [2.45, 2.75) is 52.6 Å². The number of pyridine rings is 1. The summed E-state index contributed by atoms with van der Waals surface area (Å²) in [6.45, 7) is 7.86. The van der Waals surface area contributed by atoms with Crippen LogP contribution in [0.5, 0.6) is 0 Å². The molecule has 0 unspecified atom stereocenters. The van der Waals surface area contributed by atoms with Crippen molar-refractivity contribution in [2.24, 2.45) is 5.92 Å². The highest BCUT2D eigenvalue weighted by atomic mass is 16.4. The van der Waals surface area contributed by atoms with Gasteiger partial charge < -0.3 is 15.0 Å². The van der Waals surface area contributed by atoms with Gasteiger partial charge >= 0.3 is 5.97 Å². The zero-order valence-corrected chi connectivity index (χ0v) is 20.1. The molecule has 2 N–H and O–H groups in total. The Balaban J connectivity index is 1.97. The van der Waals surface area contributed by atoms with Gasteiger partial charge in [0.05, 0.1) is 12.5 Å². The van der Waals surface area contributed by atoms with E-state index < -0.39 is 18.1 Å². The third-order valence-electron chi connectivity index (χ3n) is 5.86. The van der Waals surface area contributed by atoms with Gasteiger partial charge in [-0.05, 0) is 60.1 Å². The van der Waals surface area contributed by atoms with Gasteiger partial charge in [0, 0.05) is 12.3 Å². The quantitative estimate of drug-likeness (QED) is 0.468. The van der Waals surface area contributed by atoms with E-state index in [0.29, 0.717) is 12.0 Å². The van der Waals surface area contributed by atoms with Crippen molar-refractivity contribution >= 4 is 11.9 Å². The molecule has 0 aliphatic rings. The second-order valence-corrected chi connectivity index (χ2v) is 9.20. The van der Waals surface area contributed by atoms with Crippen molar-refractivity contribution in [3.05, 3.63) is 93.9 Å². The molecule has 0 bridgehead atoms. The van der Waals surface area contributed by atoms with Crippen LogP contribution in [0, 0.1) is 19.8 Å². The first-order chi connectivity index (χ1) is 16.2. The number of carboxylic acid groups (broad SMARTS) is 1. The molecule has 0 fully saturated rings. The molecule has 0 saturated carbocycles. The highest BCUT2D eigenvalue weighted by molar-refractivity contribution is 5.82. The first-order valence-corrected chi connectivity index (χ1v) is 11.5. The van der Waals surface area contributed by atoms with Crippen LogP contribution in [0.25, 0.3) is 11.1 Å². The average molecular weight is 461 g/mol. The van der Waals surface area contributed by atoms with E-state index in [-0.39, 0.29) is 23.8 Å². The summed E-state index contributed by atoms with van der Waals surface area (Å²) in [5.74, 6) is -1.22. The maximum absolute atomic E-state index is 13.5. The van der Waals surface area contributed by atoms with Crippen LogP contribution >= 0.6 is 0 Å². The standard InChI is InChI=1S/C28H32N2O4/c1-18(2)14-25(30-17-19(3)12-13-26(30)31)28(34)29-24(16-27(32)33)22-10-7-9-21(15-22)23-11-6-5-8-20(23)4/h5-13,15,17-18,24-25H,14,16H2,1-4H3,(H,29,34)(H,32,33)/t24-,25+/m0/s1. The highest BCUT2D eigenvalue weighted by Crippen LogP contribution is 2.28. The summed E-state index contributed by atoms with van der Waals surface area (Å²) < 4.78 is 1.45. The third-order valence-corrected chi connectivity index (χ3v) is 5.86. The first kappa shape index (κ1) is 25.0. The van der Waals surface area contributed by atoms with Crippen LogP contribution in [0.2, 0.25) is 0 Å². The summed E-state index contributed by atoms with van der Waals surface area (Å²) in [5.41, 5.74) is 4.42. The zero-order valence-electron chi connectivity index (χ0n) is 20.1. The lowest BCUT2D eigenvalue weighted by Crippen LogP contribution is -2.40. The van der Waals surface area contributed by atoms with E-state index in [1.54, 1.807) is 12.3 Å². The highest BCUT2D eigenvalue weighted by Gasteiger charge is 2.27. The van der Waals surface area contributed by atoms with Crippen molar-refractivity contribution in [3.63, 3.8) is 0 Å². The Kier molecular flexibility index (Phi) is 8.05. The number of carbonyl (C=O) groups excluding carboxylic acids is 1. The molecular formula is C28H32N2O4. The Morgan fingerprint density at radius 2 is 1.74 bits per heavy atom. The molecular weight excluding hydrogens is 428 g/mol. The van der Waals surface area contributed by atoms with Gasteiger partial charge in [-0.1, -0.05) is 62.4 Å². The average Bonchev–Trinajstić information content (AvgIpc) is 2.78. The Morgan fingerprint density at radius 3 is 2.41 bits per heavy atom. The number of benzene rings is 2. The van der Waals surface area contributed by atoms with Crippen molar-refractivity contribution in [1.29, 1.82) is 0 Å². The molecule has 2 atom stereocenters. The van der Waals surface area contributed by atoms with E-state index in [9.17, 15) is 19.5 Å². The molecule has 178 valence electrons. The summed E-state index contributed by atoms with van der Waals surface area (Å²) in [7, 11) is 0. The molecule has 1 heterocycles. The number of amides is 1. The van der Waals surface area contributed by atoms with Gasteiger partial charge in [0.1, 0.15) is 6.04 Å². The largest absolute Gasteiger partial charge is 0.481 e. The normalized spacial score (nSPS) is 12.9. The minimum absolute atomic E-state index is 0.158. The van der Waals surface area contributed by atoms with Crippen LogP contribution in [-0.4, -0.2) is 21.6 Å². The molecule has 34 heavy (non-hydrogen) atoms. The van der Waals surface area contributed by atoms with E-state index in [0.717, 1.165) is 22.3 Å². The fourth-order valence-electron chi connectivity index (χ4n) is 4.17. The molecule has 3 aromatic rings. The summed E-state index contributed by atoms with van der Waals surface area (Å²) in [5, 5.41) is 12.5. The number of aromatic nitrogens is 1. The molecule has 6 nitrogen and oxygen atoms in total. The Hall–Kier alpha value is -3.67. The lowest BCUT2D eigenvalue weighted by molar-refractivity contribution is -0.138. The van der Waals surface area contributed by atoms with Crippen LogP contribution in [0.15, 0.2) is 71.7 Å². The topological polar surface area (TPSA) is 88.4 Å². The number of nitrogens with one attached hydrogen (secondary N) is 1. The predicted octanol–water partition coefficient (Wildman–Crippen LogP) is 5.05. The van der Waals surface area contributed by atoms with Gasteiger partial charge in [-0.2, -0.15) is 0 Å². The molecule has 6 heteroatoms. The fourth-order valence-corrected chi connectivity index (χ4v) is 4.17. The van der Waals surface area contributed by atoms with Crippen molar-refractivity contribution in [3.8, 4) is 11.1 Å². The van der Waals surface area contributed by atoms with E-state index >= 15 is 0 Å². The molecule has 0 saturated heterocycles. The molecule has 1 aromatic heterocycles. The summed E-state index contributed by atoms with van der Waals surface area (Å²) in [6.07, 6.45) is 1.87. The summed E-state index contributed by atoms with van der Waals surface area (Å²) in [4.78, 5) is 37.7. The number of carboxylic acids is 1. The SMILES string of the molecule is Cc1ccc(=O)n([C@H](CC(C)C)C(=O)N[C@@H](CC(=O)O)c2cccc(-c3ccccc3C)c2)c1. The number of rotatable bonds is 9. The number of hydrogen-bond acceptors (Lipinski definition) is 3. The zero-order chi connectivity index (χ0) is 24.8. The molecule has 3 rings (SSSR count). The van der Waals surface area contributed by atoms with Gasteiger partial charge in [0.25, 0.3) is 5.56 Å². The van der Waals surface area contributed by atoms with Gasteiger partial charge in [-0.25, -0.2) is 0 Å². The van der Waals surface area contributed by atoms with Crippen LogP contribution in [0.3, 0.4) is 0 Å². The van der Waals surface area contributed by atoms with Crippen molar-refractivity contribution < 1.29 is 14.7 Å². The fraction of sp³-hybridized carbons (Fsp3) is 0.321. The second kappa shape index (κ2) is 11.0. The maximum Gasteiger partial charge on any atom is 0.305 e. The van der Waals surface area contributed by atoms with E-state index in [2.05, 4.69) is 5.32 Å². The Morgan fingerprint density at radius 1 is 1.00 bits per heavy atom. The van der Waals surface area contributed by atoms with Crippen LogP contribution < -0.4 is 10.9 Å². The molecule has 2 aromatic carbocycles. The summed E-state index contributed by atoms with van der Waals surface area (Å²) >= 11 is 0. The number of aryl methyl sites for hydroxylation is 2. The second-order valence-electron chi connectivity index (χ2n) is 9.20. The minimum Gasteiger partial charge on any atom is -0.481 e. The molecule has 0 spiro atoms. The lowest BCUT2D eigenvalue weighted by Gasteiger charge is -2.25. The lowest BCUT2D eigenvalue weighted by atomic mass is 9.95. The van der Waals surface area contributed by atoms with Gasteiger partial charge in [0.2, 0.25) is 5.91 Å². The number of nitrogens with zero attached hydrogens (tertiary/aromatic N) is 1. The Bertz CT molecular complexity index is 1230. The van der Waals surface area contributed by atoms with Crippen LogP contribution in [0.4, 0.5) is 0 Å². The molecule has 0 aliphatic carbocycles. The number of hydrogen-bond donors (Lipinski definition) is 2. The van der Waals surface area contributed by atoms with Gasteiger partial charge in [-0.3, -0.25) is 14.4 Å². The molecule has 0 radical (unpaired) electrons. The monoisotopic (exact) mass is 460 g/mol. The number of aliphatic carboxylic acids is 1. The first-order valence-electron chi connectivity index (χ1n) is 11.5. The third kappa shape index (κ3) is 6.22.